The lowest BCUT2D eigenvalue weighted by Gasteiger charge is -2.20. The van der Waals surface area contributed by atoms with Crippen LogP contribution < -0.4 is 0 Å². The molecule has 0 radical (unpaired) electrons. The molecule has 0 aliphatic rings. The Hall–Kier alpha value is -0.570. The first-order valence-corrected chi connectivity index (χ1v) is 4.37. The Kier molecular flexibility index (Phi) is 6.57. The molecule has 0 aromatic carbocycles. The molecule has 0 fully saturated rings. The Morgan fingerprint density at radius 3 is 2.20 bits per heavy atom. The summed E-state index contributed by atoms with van der Waals surface area (Å²) in [5, 5.41) is 44.3. The van der Waals surface area contributed by atoms with Gasteiger partial charge in [0.15, 0.2) is 12.1 Å². The van der Waals surface area contributed by atoms with E-state index in [1.165, 1.54) is 6.92 Å². The Morgan fingerprint density at radius 2 is 1.80 bits per heavy atom. The molecule has 0 spiro atoms. The molecule has 0 rings (SSSR count). The van der Waals surface area contributed by atoms with Crippen molar-refractivity contribution in [2.75, 3.05) is 13.2 Å². The highest BCUT2D eigenvalue weighted by Crippen LogP contribution is 2.02. The second-order valence-electron chi connectivity index (χ2n) is 3.06. The minimum atomic E-state index is -1.86. The Bertz CT molecular complexity index is 193. The van der Waals surface area contributed by atoms with Crippen LogP contribution >= 0.6 is 0 Å². The van der Waals surface area contributed by atoms with E-state index in [4.69, 9.17) is 25.5 Å². The fraction of sp³-hybridized carbons (Fsp3) is 0.875. The van der Waals surface area contributed by atoms with Crippen LogP contribution in [-0.4, -0.2) is 69.1 Å². The second-order valence-corrected chi connectivity index (χ2v) is 3.06. The molecule has 0 aliphatic carbocycles. The van der Waals surface area contributed by atoms with Gasteiger partial charge in [0.1, 0.15) is 24.9 Å². The summed E-state index contributed by atoms with van der Waals surface area (Å²) in [6.45, 7) is -0.0878. The molecule has 4 atom stereocenters. The van der Waals surface area contributed by atoms with Crippen LogP contribution in [0.1, 0.15) is 6.92 Å². The van der Waals surface area contributed by atoms with Gasteiger partial charge in [0.2, 0.25) is 0 Å². The van der Waals surface area contributed by atoms with E-state index in [0.717, 1.165) is 0 Å². The summed E-state index contributed by atoms with van der Waals surface area (Å²) in [6.07, 6.45) is -6.40. The number of Topliss-reactive ketones (excluding diaryl/α,β-unsaturated/α-hetero) is 1. The molecular formula is C8H16O7. The Labute approximate surface area is 86.5 Å². The summed E-state index contributed by atoms with van der Waals surface area (Å²) in [7, 11) is 0. The van der Waals surface area contributed by atoms with E-state index in [1.54, 1.807) is 0 Å². The molecule has 7 heteroatoms. The van der Waals surface area contributed by atoms with Crippen LogP contribution in [0.4, 0.5) is 0 Å². The van der Waals surface area contributed by atoms with Gasteiger partial charge in [-0.15, -0.1) is 0 Å². The highest BCUT2D eigenvalue weighted by atomic mass is 16.6. The quantitative estimate of drug-likeness (QED) is 0.291. The van der Waals surface area contributed by atoms with Crippen LogP contribution in [0.2, 0.25) is 0 Å². The Balaban J connectivity index is 4.07. The van der Waals surface area contributed by atoms with Gasteiger partial charge in [-0.2, -0.15) is 0 Å². The molecule has 5 N–H and O–H groups in total. The van der Waals surface area contributed by atoms with Crippen molar-refractivity contribution in [2.45, 2.75) is 31.5 Å². The lowest BCUT2D eigenvalue weighted by molar-refractivity contribution is -0.154. The molecule has 1 unspecified atom stereocenters. The summed E-state index contributed by atoms with van der Waals surface area (Å²) < 4.78 is 4.48. The van der Waals surface area contributed by atoms with Gasteiger partial charge in [-0.05, 0) is 6.92 Å². The van der Waals surface area contributed by atoms with Crippen molar-refractivity contribution in [3.8, 4) is 0 Å². The molecule has 0 aromatic heterocycles. The van der Waals surface area contributed by atoms with Crippen molar-refractivity contribution in [1.29, 1.82) is 0 Å². The van der Waals surface area contributed by atoms with Crippen LogP contribution in [-0.2, 0) is 9.53 Å². The highest BCUT2D eigenvalue weighted by molar-refractivity contribution is 5.84. The van der Waals surface area contributed by atoms with Crippen molar-refractivity contribution in [2.24, 2.45) is 0 Å². The van der Waals surface area contributed by atoms with E-state index in [9.17, 15) is 4.79 Å². The third kappa shape index (κ3) is 5.17. The monoisotopic (exact) mass is 224 g/mol. The maximum Gasteiger partial charge on any atom is 0.189 e. The molecule has 7 nitrogen and oxygen atoms in total. The van der Waals surface area contributed by atoms with E-state index >= 15 is 0 Å². The van der Waals surface area contributed by atoms with Crippen LogP contribution in [0.25, 0.3) is 0 Å². The minimum Gasteiger partial charge on any atom is -0.394 e. The second kappa shape index (κ2) is 6.83. The van der Waals surface area contributed by atoms with E-state index < -0.39 is 43.6 Å². The van der Waals surface area contributed by atoms with Crippen molar-refractivity contribution in [1.82, 2.24) is 0 Å². The fourth-order valence-corrected chi connectivity index (χ4v) is 0.797. The Morgan fingerprint density at radius 1 is 1.27 bits per heavy atom. The van der Waals surface area contributed by atoms with Gasteiger partial charge in [-0.25, -0.2) is 0 Å². The van der Waals surface area contributed by atoms with Gasteiger partial charge in [0.05, 0.1) is 6.61 Å². The summed E-state index contributed by atoms with van der Waals surface area (Å²) in [5.41, 5.74) is 0. The molecule has 0 heterocycles. The van der Waals surface area contributed by atoms with Gasteiger partial charge < -0.3 is 30.3 Å². The van der Waals surface area contributed by atoms with Crippen LogP contribution in [0.15, 0.2) is 0 Å². The lowest BCUT2D eigenvalue weighted by atomic mass is 10.1. The van der Waals surface area contributed by atoms with Crippen LogP contribution in [0.5, 0.6) is 0 Å². The minimum absolute atomic E-state index is 0.589. The standard InChI is InChI=1S/C8H16O7/c1-4(10)15-3-6(12)8(14)7(13)5(11)2-9/h4-5,7-11,13-14H,2-3H2,1H3/t4?,5-,7+,8+/m1/s1. The first kappa shape index (κ1) is 14.4. The largest absolute Gasteiger partial charge is 0.394 e. The third-order valence-corrected chi connectivity index (χ3v) is 1.70. The van der Waals surface area contributed by atoms with E-state index in [2.05, 4.69) is 4.74 Å². The van der Waals surface area contributed by atoms with Crippen LogP contribution in [0.3, 0.4) is 0 Å². The van der Waals surface area contributed by atoms with Crippen molar-refractivity contribution >= 4 is 5.78 Å². The predicted molar refractivity (Wildman–Crippen MR) is 47.7 cm³/mol. The molecule has 90 valence electrons. The third-order valence-electron chi connectivity index (χ3n) is 1.70. The number of carbonyl (C=O) groups excluding carboxylic acids is 1. The number of hydrogen-bond acceptors (Lipinski definition) is 7. The summed E-state index contributed by atoms with van der Waals surface area (Å²) in [4.78, 5) is 11.1. The molecule has 0 saturated carbocycles. The maximum absolute atomic E-state index is 11.1. The van der Waals surface area contributed by atoms with E-state index in [0.29, 0.717) is 0 Å². The molecular weight excluding hydrogens is 208 g/mol. The maximum atomic E-state index is 11.1. The SMILES string of the molecule is CC(O)OCC(=O)[C@H](O)[C@@H](O)[C@H](O)CO. The number of carbonyl (C=O) groups is 1. The lowest BCUT2D eigenvalue weighted by Crippen LogP contribution is -2.45. The number of aliphatic hydroxyl groups is 5. The summed E-state index contributed by atoms with van der Waals surface area (Å²) >= 11 is 0. The number of ether oxygens (including phenoxy) is 1. The van der Waals surface area contributed by atoms with Crippen molar-refractivity contribution in [3.05, 3.63) is 0 Å². The average Bonchev–Trinajstić information content (AvgIpc) is 2.22. The van der Waals surface area contributed by atoms with Gasteiger partial charge in [-0.1, -0.05) is 0 Å². The molecule has 0 bridgehead atoms. The smallest absolute Gasteiger partial charge is 0.189 e. The predicted octanol–water partition coefficient (Wildman–Crippen LogP) is -3.01. The van der Waals surface area contributed by atoms with Crippen molar-refractivity contribution < 1.29 is 35.1 Å². The number of rotatable bonds is 7. The molecule has 0 saturated heterocycles. The highest BCUT2D eigenvalue weighted by Gasteiger charge is 2.29. The zero-order valence-electron chi connectivity index (χ0n) is 8.28. The molecule has 15 heavy (non-hydrogen) atoms. The zero-order chi connectivity index (χ0) is 12.0. The van der Waals surface area contributed by atoms with E-state index in [1.807, 2.05) is 0 Å². The number of aliphatic hydroxyl groups excluding tert-OH is 5. The number of ketones is 1. The zero-order valence-corrected chi connectivity index (χ0v) is 8.28. The summed E-state index contributed by atoms with van der Waals surface area (Å²) in [5.74, 6) is -0.893. The van der Waals surface area contributed by atoms with Crippen LogP contribution in [0, 0.1) is 0 Å². The topological polar surface area (TPSA) is 127 Å². The first-order chi connectivity index (χ1) is 6.90. The van der Waals surface area contributed by atoms with Gasteiger partial charge in [-0.3, -0.25) is 4.79 Å². The average molecular weight is 224 g/mol. The van der Waals surface area contributed by atoms with Gasteiger partial charge >= 0.3 is 0 Å². The summed E-state index contributed by atoms with van der Waals surface area (Å²) in [6, 6.07) is 0. The van der Waals surface area contributed by atoms with Gasteiger partial charge in [0.25, 0.3) is 0 Å². The molecule has 0 aromatic rings. The molecule has 0 amide bonds. The number of hydrogen-bond donors (Lipinski definition) is 5. The molecule has 0 aliphatic heterocycles. The van der Waals surface area contributed by atoms with Crippen molar-refractivity contribution in [3.63, 3.8) is 0 Å². The van der Waals surface area contributed by atoms with Gasteiger partial charge in [0, 0.05) is 0 Å². The first-order valence-electron chi connectivity index (χ1n) is 4.37. The normalized spacial score (nSPS) is 19.3. The van der Waals surface area contributed by atoms with E-state index in [-0.39, 0.29) is 0 Å². The fourth-order valence-electron chi connectivity index (χ4n) is 0.797.